The van der Waals surface area contributed by atoms with E-state index in [1.54, 1.807) is 0 Å². The second-order valence-electron chi connectivity index (χ2n) is 8.42. The minimum Gasteiger partial charge on any atom is -0.486 e. The van der Waals surface area contributed by atoms with E-state index in [0.29, 0.717) is 26.3 Å². The molecule has 7 nitrogen and oxygen atoms in total. The van der Waals surface area contributed by atoms with Gasteiger partial charge in [0, 0.05) is 25.0 Å². The first kappa shape index (κ1) is 24.6. The number of likely N-dealkylation sites (tertiary alicyclic amines) is 1. The number of hydrogen-bond acceptors (Lipinski definition) is 5. The number of carbonyl (C=O) groups is 1. The van der Waals surface area contributed by atoms with Crippen molar-refractivity contribution in [3.63, 3.8) is 0 Å². The maximum atomic E-state index is 12.0. The molecule has 3 rings (SSSR count). The van der Waals surface area contributed by atoms with Gasteiger partial charge in [-0.2, -0.15) is 0 Å². The smallest absolute Gasteiger partial charge is 0.310 e. The number of ether oxygens (including phenoxy) is 3. The molecule has 2 atom stereocenters. The quantitative estimate of drug-likeness (QED) is 0.273. The minimum absolute atomic E-state index is 0. The summed E-state index contributed by atoms with van der Waals surface area (Å²) in [6.07, 6.45) is 0. The van der Waals surface area contributed by atoms with Gasteiger partial charge in [-0.05, 0) is 30.5 Å². The fourth-order valence-electron chi connectivity index (χ4n) is 3.85. The monoisotopic (exact) mass is 531 g/mol. The van der Waals surface area contributed by atoms with E-state index < -0.39 is 0 Å². The van der Waals surface area contributed by atoms with Crippen molar-refractivity contribution in [2.75, 3.05) is 46.5 Å². The van der Waals surface area contributed by atoms with Gasteiger partial charge in [-0.25, -0.2) is 0 Å². The van der Waals surface area contributed by atoms with Crippen LogP contribution in [0.15, 0.2) is 23.2 Å². The number of fused-ring (bicyclic) bond motifs is 1. The molecule has 1 saturated heterocycles. The van der Waals surface area contributed by atoms with Crippen LogP contribution in [0.4, 0.5) is 0 Å². The second-order valence-corrected chi connectivity index (χ2v) is 8.42. The van der Waals surface area contributed by atoms with Gasteiger partial charge in [-0.1, -0.05) is 26.8 Å². The highest BCUT2D eigenvalue weighted by molar-refractivity contribution is 14.0. The van der Waals surface area contributed by atoms with Crippen LogP contribution < -0.4 is 14.8 Å². The molecule has 30 heavy (non-hydrogen) atoms. The van der Waals surface area contributed by atoms with Crippen molar-refractivity contribution in [3.05, 3.63) is 23.8 Å². The van der Waals surface area contributed by atoms with E-state index in [0.717, 1.165) is 36.1 Å². The summed E-state index contributed by atoms with van der Waals surface area (Å²) >= 11 is 0. The molecule has 2 unspecified atom stereocenters. The zero-order valence-corrected chi connectivity index (χ0v) is 20.9. The number of guanidine groups is 1. The normalized spacial score (nSPS) is 21.1. The first-order valence-corrected chi connectivity index (χ1v) is 10.4. The average molecular weight is 531 g/mol. The number of nitrogens with zero attached hydrogens (tertiary/aromatic N) is 2. The van der Waals surface area contributed by atoms with Gasteiger partial charge in [0.05, 0.1) is 19.6 Å². The van der Waals surface area contributed by atoms with Crippen LogP contribution in [-0.2, 0) is 14.9 Å². The van der Waals surface area contributed by atoms with Crippen LogP contribution in [0.2, 0.25) is 0 Å². The van der Waals surface area contributed by atoms with Gasteiger partial charge in [-0.15, -0.1) is 24.0 Å². The van der Waals surface area contributed by atoms with Crippen molar-refractivity contribution in [2.45, 2.75) is 33.1 Å². The zero-order valence-electron chi connectivity index (χ0n) is 18.6. The van der Waals surface area contributed by atoms with Crippen molar-refractivity contribution in [3.8, 4) is 11.5 Å². The summed E-state index contributed by atoms with van der Waals surface area (Å²) in [5.74, 6) is 2.41. The highest BCUT2D eigenvalue weighted by atomic mass is 127. The van der Waals surface area contributed by atoms with Crippen molar-refractivity contribution in [1.82, 2.24) is 10.2 Å². The summed E-state index contributed by atoms with van der Waals surface area (Å²) in [4.78, 5) is 19.1. The largest absolute Gasteiger partial charge is 0.486 e. The molecule has 0 aliphatic carbocycles. The fourth-order valence-corrected chi connectivity index (χ4v) is 3.85. The standard InChI is InChI=1S/C22H33N3O4.HI/c1-6-23-21(25-12-15(2)17(13-25)20(26)27-5)24-14-22(3,4)16-7-8-18-19(11-16)29-10-9-28-18;/h7-8,11,15,17H,6,9-10,12-14H2,1-5H3,(H,23,24);1H. The van der Waals surface area contributed by atoms with Crippen LogP contribution in [0.1, 0.15) is 33.3 Å². The van der Waals surface area contributed by atoms with Gasteiger partial charge in [0.15, 0.2) is 17.5 Å². The molecule has 1 aromatic carbocycles. The van der Waals surface area contributed by atoms with Gasteiger partial charge in [0.25, 0.3) is 0 Å². The van der Waals surface area contributed by atoms with Gasteiger partial charge in [0.2, 0.25) is 0 Å². The molecule has 0 spiro atoms. The molecule has 168 valence electrons. The number of aliphatic imine (C=N–C) groups is 1. The lowest BCUT2D eigenvalue weighted by atomic mass is 9.84. The Labute approximate surface area is 196 Å². The van der Waals surface area contributed by atoms with Gasteiger partial charge >= 0.3 is 5.97 Å². The molecule has 0 radical (unpaired) electrons. The summed E-state index contributed by atoms with van der Waals surface area (Å²) in [7, 11) is 1.45. The highest BCUT2D eigenvalue weighted by Gasteiger charge is 2.37. The maximum Gasteiger partial charge on any atom is 0.310 e. The Morgan fingerprint density at radius 1 is 1.27 bits per heavy atom. The number of rotatable bonds is 5. The topological polar surface area (TPSA) is 72.4 Å². The Balaban J connectivity index is 0.00000320. The Bertz CT molecular complexity index is 769. The third-order valence-corrected chi connectivity index (χ3v) is 5.70. The minimum atomic E-state index is -0.177. The van der Waals surface area contributed by atoms with Crippen LogP contribution in [-0.4, -0.2) is 63.3 Å². The summed E-state index contributed by atoms with van der Waals surface area (Å²) in [6, 6.07) is 6.12. The molecule has 8 heteroatoms. The van der Waals surface area contributed by atoms with Gasteiger partial charge < -0.3 is 24.4 Å². The average Bonchev–Trinajstić information content (AvgIpc) is 3.11. The van der Waals surface area contributed by atoms with Crippen LogP contribution in [0, 0.1) is 11.8 Å². The Hall–Kier alpha value is -1.71. The van der Waals surface area contributed by atoms with Crippen molar-refractivity contribution >= 4 is 35.9 Å². The lowest BCUT2D eigenvalue weighted by Gasteiger charge is -2.28. The fraction of sp³-hybridized carbons (Fsp3) is 0.636. The zero-order chi connectivity index (χ0) is 21.0. The van der Waals surface area contributed by atoms with Gasteiger partial charge in [0.1, 0.15) is 13.2 Å². The molecule has 1 aromatic rings. The van der Waals surface area contributed by atoms with Crippen molar-refractivity contribution < 1.29 is 19.0 Å². The van der Waals surface area contributed by atoms with E-state index in [9.17, 15) is 4.79 Å². The maximum absolute atomic E-state index is 12.0. The third-order valence-electron chi connectivity index (χ3n) is 5.70. The van der Waals surface area contributed by atoms with Crippen molar-refractivity contribution in [1.29, 1.82) is 0 Å². The summed E-state index contributed by atoms with van der Waals surface area (Å²) in [5, 5.41) is 3.38. The Kier molecular flexibility index (Phi) is 8.63. The lowest BCUT2D eigenvalue weighted by molar-refractivity contribution is -0.145. The van der Waals surface area contributed by atoms with Crippen LogP contribution >= 0.6 is 24.0 Å². The SMILES string of the molecule is CCNC(=NCC(C)(C)c1ccc2c(c1)OCCO2)N1CC(C)C(C(=O)OC)C1.I. The molecule has 0 bridgehead atoms. The molecule has 2 aliphatic heterocycles. The molecule has 1 N–H and O–H groups in total. The third kappa shape index (κ3) is 5.50. The predicted octanol–water partition coefficient (Wildman–Crippen LogP) is 3.06. The number of benzene rings is 1. The molecular formula is C22H34IN3O4. The molecule has 2 heterocycles. The molecular weight excluding hydrogens is 497 g/mol. The van der Waals surface area contributed by atoms with Gasteiger partial charge in [-0.3, -0.25) is 9.79 Å². The highest BCUT2D eigenvalue weighted by Crippen LogP contribution is 2.35. The van der Waals surface area contributed by atoms with E-state index in [-0.39, 0.29) is 47.2 Å². The molecule has 0 saturated carbocycles. The number of nitrogens with one attached hydrogen (secondary N) is 1. The Morgan fingerprint density at radius 2 is 1.97 bits per heavy atom. The number of esters is 1. The lowest BCUT2D eigenvalue weighted by Crippen LogP contribution is -2.41. The number of halogens is 1. The summed E-state index contributed by atoms with van der Waals surface area (Å²) in [6.45, 7) is 12.5. The number of carbonyl (C=O) groups excluding carboxylic acids is 1. The number of hydrogen-bond donors (Lipinski definition) is 1. The number of methoxy groups -OCH3 is 1. The van der Waals surface area contributed by atoms with E-state index in [2.05, 4.69) is 50.0 Å². The van der Waals surface area contributed by atoms with Crippen molar-refractivity contribution in [2.24, 2.45) is 16.8 Å². The van der Waals surface area contributed by atoms with Crippen LogP contribution in [0.25, 0.3) is 0 Å². The van der Waals surface area contributed by atoms with E-state index in [1.165, 1.54) is 7.11 Å². The van der Waals surface area contributed by atoms with E-state index in [4.69, 9.17) is 19.2 Å². The first-order chi connectivity index (χ1) is 13.9. The van der Waals surface area contributed by atoms with Crippen LogP contribution in [0.3, 0.4) is 0 Å². The van der Waals surface area contributed by atoms with E-state index in [1.807, 2.05) is 6.07 Å². The molecule has 1 fully saturated rings. The second kappa shape index (κ2) is 10.5. The molecule has 0 aromatic heterocycles. The van der Waals surface area contributed by atoms with Crippen LogP contribution in [0.5, 0.6) is 11.5 Å². The molecule has 0 amide bonds. The van der Waals surface area contributed by atoms with E-state index >= 15 is 0 Å². The summed E-state index contributed by atoms with van der Waals surface area (Å²) < 4.78 is 16.3. The Morgan fingerprint density at radius 3 is 2.63 bits per heavy atom. The molecule has 2 aliphatic rings. The summed E-state index contributed by atoms with van der Waals surface area (Å²) in [5.41, 5.74) is 0.979. The predicted molar refractivity (Wildman–Crippen MR) is 128 cm³/mol. The first-order valence-electron chi connectivity index (χ1n) is 10.4.